The van der Waals surface area contributed by atoms with Gasteiger partial charge >= 0.3 is 0 Å². The summed E-state index contributed by atoms with van der Waals surface area (Å²) in [6.07, 6.45) is 2.65. The van der Waals surface area contributed by atoms with Crippen LogP contribution in [0.3, 0.4) is 0 Å². The molecule has 27 heavy (non-hydrogen) atoms. The fourth-order valence-electron chi connectivity index (χ4n) is 3.42. The molecule has 1 saturated carbocycles. The Bertz CT molecular complexity index is 937. The highest BCUT2D eigenvalue weighted by Crippen LogP contribution is 2.32. The quantitative estimate of drug-likeness (QED) is 0.724. The molecular weight excluding hydrogens is 372 g/mol. The summed E-state index contributed by atoms with van der Waals surface area (Å²) in [6.45, 7) is 0.393. The van der Waals surface area contributed by atoms with Crippen LogP contribution < -0.4 is 4.74 Å². The molecule has 0 amide bonds. The van der Waals surface area contributed by atoms with Gasteiger partial charge in [-0.25, -0.2) is 17.2 Å². The minimum atomic E-state index is -3.63. The number of sulfonamides is 1. The zero-order valence-corrected chi connectivity index (χ0v) is 15.6. The topological polar surface area (TPSA) is 46.6 Å². The summed E-state index contributed by atoms with van der Waals surface area (Å²) in [5, 5.41) is 0. The standard InChI is InChI=1S/C20H21F2NO3S/c21-18-2-1-3-19(22)17(18)13-23(16-5-6-16)27(24,25)11-9-14-4-7-20-15(12-14)8-10-26-20/h1-4,7,12,16H,5-6,8-11,13H2. The Morgan fingerprint density at radius 2 is 1.85 bits per heavy atom. The van der Waals surface area contributed by atoms with Gasteiger partial charge in [-0.1, -0.05) is 18.2 Å². The number of hydrogen-bond acceptors (Lipinski definition) is 3. The summed E-state index contributed by atoms with van der Waals surface area (Å²) in [6, 6.07) is 9.15. The molecule has 4 nitrogen and oxygen atoms in total. The normalized spacial score (nSPS) is 16.4. The van der Waals surface area contributed by atoms with E-state index in [4.69, 9.17) is 4.74 Å². The SMILES string of the molecule is O=S(=O)(CCc1ccc2c(c1)CCO2)N(Cc1c(F)cccc1F)C1CC1. The summed E-state index contributed by atoms with van der Waals surface area (Å²) in [7, 11) is -3.63. The van der Waals surface area contributed by atoms with Gasteiger partial charge in [0.15, 0.2) is 0 Å². The van der Waals surface area contributed by atoms with Crippen LogP contribution in [-0.2, 0) is 29.4 Å². The largest absolute Gasteiger partial charge is 0.493 e. The molecule has 2 aliphatic rings. The summed E-state index contributed by atoms with van der Waals surface area (Å²) in [4.78, 5) is 0. The number of nitrogens with zero attached hydrogens (tertiary/aromatic N) is 1. The average Bonchev–Trinajstić information content (AvgIpc) is 3.35. The number of halogens is 2. The van der Waals surface area contributed by atoms with E-state index < -0.39 is 21.7 Å². The molecule has 1 fully saturated rings. The summed E-state index contributed by atoms with van der Waals surface area (Å²) >= 11 is 0. The van der Waals surface area contributed by atoms with E-state index in [0.717, 1.165) is 48.3 Å². The molecule has 7 heteroatoms. The molecule has 2 aromatic rings. The molecule has 1 heterocycles. The molecule has 1 aliphatic heterocycles. The van der Waals surface area contributed by atoms with Gasteiger partial charge in [0.1, 0.15) is 17.4 Å². The predicted octanol–water partition coefficient (Wildman–Crippen LogP) is 3.44. The van der Waals surface area contributed by atoms with Crippen LogP contribution >= 0.6 is 0 Å². The van der Waals surface area contributed by atoms with Crippen molar-refractivity contribution in [1.29, 1.82) is 0 Å². The van der Waals surface area contributed by atoms with Gasteiger partial charge < -0.3 is 4.74 Å². The minimum absolute atomic E-state index is 0.0841. The van der Waals surface area contributed by atoms with Crippen LogP contribution in [0.1, 0.15) is 29.5 Å². The van der Waals surface area contributed by atoms with E-state index in [1.807, 2.05) is 18.2 Å². The predicted molar refractivity (Wildman–Crippen MR) is 98.1 cm³/mol. The fraction of sp³-hybridized carbons (Fsp3) is 0.400. The van der Waals surface area contributed by atoms with E-state index in [1.165, 1.54) is 10.4 Å². The third-order valence-corrected chi connectivity index (χ3v) is 6.95. The minimum Gasteiger partial charge on any atom is -0.493 e. The second kappa shape index (κ2) is 7.20. The van der Waals surface area contributed by atoms with Gasteiger partial charge in [0.05, 0.1) is 12.4 Å². The monoisotopic (exact) mass is 393 g/mol. The Morgan fingerprint density at radius 1 is 1.11 bits per heavy atom. The maximum atomic E-state index is 14.0. The zero-order chi connectivity index (χ0) is 19.0. The molecule has 0 unspecified atom stereocenters. The lowest BCUT2D eigenvalue weighted by molar-refractivity contribution is 0.357. The molecule has 0 atom stereocenters. The van der Waals surface area contributed by atoms with Gasteiger partial charge in [-0.3, -0.25) is 0 Å². The van der Waals surface area contributed by atoms with Crippen molar-refractivity contribution in [3.8, 4) is 5.75 Å². The lowest BCUT2D eigenvalue weighted by Crippen LogP contribution is -2.35. The number of fused-ring (bicyclic) bond motifs is 1. The second-order valence-electron chi connectivity index (χ2n) is 7.08. The lowest BCUT2D eigenvalue weighted by atomic mass is 10.1. The van der Waals surface area contributed by atoms with Gasteiger partial charge in [-0.2, -0.15) is 4.31 Å². The highest BCUT2D eigenvalue weighted by atomic mass is 32.2. The molecule has 0 bridgehead atoms. The molecule has 1 aliphatic carbocycles. The van der Waals surface area contributed by atoms with Gasteiger partial charge in [0, 0.05) is 24.6 Å². The van der Waals surface area contributed by atoms with Crippen molar-refractivity contribution < 1.29 is 21.9 Å². The Labute approximate surface area is 157 Å². The molecule has 0 spiro atoms. The molecule has 144 valence electrons. The number of benzene rings is 2. The van der Waals surface area contributed by atoms with Crippen LogP contribution in [0.15, 0.2) is 36.4 Å². The maximum Gasteiger partial charge on any atom is 0.214 e. The Hall–Kier alpha value is -1.99. The van der Waals surface area contributed by atoms with Crippen LogP contribution in [0, 0.1) is 11.6 Å². The van der Waals surface area contributed by atoms with E-state index in [0.29, 0.717) is 13.0 Å². The molecule has 4 rings (SSSR count). The number of ether oxygens (including phenoxy) is 1. The molecule has 0 aromatic heterocycles. The van der Waals surface area contributed by atoms with Crippen molar-refractivity contribution in [1.82, 2.24) is 4.31 Å². The van der Waals surface area contributed by atoms with Gasteiger partial charge in [-0.05, 0) is 48.6 Å². The first kappa shape index (κ1) is 18.4. The summed E-state index contributed by atoms with van der Waals surface area (Å²) < 4.78 is 60.5. The second-order valence-corrected chi connectivity index (χ2v) is 9.12. The molecule has 0 radical (unpaired) electrons. The molecule has 0 saturated heterocycles. The Morgan fingerprint density at radius 3 is 2.56 bits per heavy atom. The maximum absolute atomic E-state index is 14.0. The smallest absolute Gasteiger partial charge is 0.214 e. The van der Waals surface area contributed by atoms with Crippen molar-refractivity contribution in [2.24, 2.45) is 0 Å². The first-order chi connectivity index (χ1) is 12.9. The zero-order valence-electron chi connectivity index (χ0n) is 14.8. The van der Waals surface area contributed by atoms with Crippen molar-refractivity contribution in [2.45, 2.75) is 38.3 Å². The van der Waals surface area contributed by atoms with Gasteiger partial charge in [0.2, 0.25) is 10.0 Å². The van der Waals surface area contributed by atoms with E-state index >= 15 is 0 Å². The third-order valence-electron chi connectivity index (χ3n) is 5.09. The number of rotatable bonds is 7. The van der Waals surface area contributed by atoms with E-state index in [2.05, 4.69) is 0 Å². The van der Waals surface area contributed by atoms with Crippen molar-refractivity contribution in [2.75, 3.05) is 12.4 Å². The fourth-order valence-corrected chi connectivity index (χ4v) is 5.13. The van der Waals surface area contributed by atoms with Crippen LogP contribution in [0.25, 0.3) is 0 Å². The van der Waals surface area contributed by atoms with Crippen LogP contribution in [0.2, 0.25) is 0 Å². The van der Waals surface area contributed by atoms with Gasteiger partial charge in [0.25, 0.3) is 0 Å². The highest BCUT2D eigenvalue weighted by molar-refractivity contribution is 7.89. The Kier molecular flexibility index (Phi) is 4.90. The van der Waals surface area contributed by atoms with E-state index in [1.54, 1.807) is 0 Å². The van der Waals surface area contributed by atoms with Crippen LogP contribution in [-0.4, -0.2) is 31.1 Å². The third kappa shape index (κ3) is 3.99. The lowest BCUT2D eigenvalue weighted by Gasteiger charge is -2.22. The molecule has 2 aromatic carbocycles. The van der Waals surface area contributed by atoms with Crippen molar-refractivity contribution in [3.63, 3.8) is 0 Å². The van der Waals surface area contributed by atoms with E-state index in [9.17, 15) is 17.2 Å². The average molecular weight is 393 g/mol. The Balaban J connectivity index is 1.50. The molecule has 0 N–H and O–H groups in total. The van der Waals surface area contributed by atoms with Crippen molar-refractivity contribution in [3.05, 3.63) is 64.7 Å². The van der Waals surface area contributed by atoms with Crippen molar-refractivity contribution >= 4 is 10.0 Å². The van der Waals surface area contributed by atoms with Gasteiger partial charge in [-0.15, -0.1) is 0 Å². The number of aryl methyl sites for hydroxylation is 1. The van der Waals surface area contributed by atoms with Crippen LogP contribution in [0.5, 0.6) is 5.75 Å². The summed E-state index contributed by atoms with van der Waals surface area (Å²) in [5.74, 6) is -0.653. The first-order valence-electron chi connectivity index (χ1n) is 9.11. The molecular formula is C20H21F2NO3S. The van der Waals surface area contributed by atoms with E-state index in [-0.39, 0.29) is 23.9 Å². The summed E-state index contributed by atoms with van der Waals surface area (Å²) in [5.41, 5.74) is 1.83. The number of hydrogen-bond donors (Lipinski definition) is 0. The van der Waals surface area contributed by atoms with Crippen LogP contribution in [0.4, 0.5) is 8.78 Å². The highest BCUT2D eigenvalue weighted by Gasteiger charge is 2.37. The first-order valence-corrected chi connectivity index (χ1v) is 10.7.